The minimum absolute atomic E-state index is 0.00783. The van der Waals surface area contributed by atoms with E-state index < -0.39 is 0 Å². The summed E-state index contributed by atoms with van der Waals surface area (Å²) in [6.07, 6.45) is 1.02. The molecule has 1 aliphatic heterocycles. The van der Waals surface area contributed by atoms with Crippen molar-refractivity contribution in [3.63, 3.8) is 0 Å². The highest BCUT2D eigenvalue weighted by Crippen LogP contribution is 2.28. The minimum Gasteiger partial charge on any atom is -0.495 e. The lowest BCUT2D eigenvalue weighted by atomic mass is 10.2. The van der Waals surface area contributed by atoms with Crippen LogP contribution in [0.3, 0.4) is 0 Å². The van der Waals surface area contributed by atoms with E-state index in [0.29, 0.717) is 0 Å². The minimum atomic E-state index is 0.00783. The molecule has 1 heterocycles. The van der Waals surface area contributed by atoms with E-state index in [4.69, 9.17) is 4.74 Å². The third-order valence-corrected chi connectivity index (χ3v) is 4.40. The molecule has 0 radical (unpaired) electrons. The zero-order valence-corrected chi connectivity index (χ0v) is 16.4. The summed E-state index contributed by atoms with van der Waals surface area (Å²) in [5.74, 6) is 1.73. The van der Waals surface area contributed by atoms with E-state index in [2.05, 4.69) is 33.1 Å². The molecule has 1 aliphatic rings. The number of likely N-dealkylation sites (N-methyl/N-ethyl adjacent to an activating group) is 1. The van der Waals surface area contributed by atoms with Crippen LogP contribution in [0.25, 0.3) is 0 Å². The summed E-state index contributed by atoms with van der Waals surface area (Å²) in [6, 6.07) is 8.10. The number of hydrogen-bond donors (Lipinski definition) is 1. The van der Waals surface area contributed by atoms with Crippen molar-refractivity contribution in [2.45, 2.75) is 13.3 Å². The molecule has 0 atom stereocenters. The van der Waals surface area contributed by atoms with Crippen LogP contribution in [0.1, 0.15) is 13.3 Å². The van der Waals surface area contributed by atoms with Gasteiger partial charge in [0.05, 0.1) is 12.8 Å². The van der Waals surface area contributed by atoms with E-state index >= 15 is 0 Å². The summed E-state index contributed by atoms with van der Waals surface area (Å²) in [7, 11) is 5.21. The number of hydrogen-bond acceptors (Lipinski definition) is 4. The predicted molar refractivity (Wildman–Crippen MR) is 106 cm³/mol. The Bertz CT molecular complexity index is 610. The molecular weight excluding hydrogens is 330 g/mol. The largest absolute Gasteiger partial charge is 0.495 e. The number of nitrogens with one attached hydrogen (secondary N) is 1. The highest BCUT2D eigenvalue weighted by Gasteiger charge is 2.22. The zero-order chi connectivity index (χ0) is 18.9. The van der Waals surface area contributed by atoms with Gasteiger partial charge in [0.1, 0.15) is 12.3 Å². The molecule has 7 heteroatoms. The summed E-state index contributed by atoms with van der Waals surface area (Å²) in [6.45, 7) is 6.61. The highest BCUT2D eigenvalue weighted by atomic mass is 16.5. The van der Waals surface area contributed by atoms with E-state index in [1.165, 1.54) is 0 Å². The van der Waals surface area contributed by atoms with Gasteiger partial charge < -0.3 is 24.8 Å². The predicted octanol–water partition coefficient (Wildman–Crippen LogP) is 1.26. The summed E-state index contributed by atoms with van der Waals surface area (Å²) in [5, 5.41) is 3.37. The molecule has 144 valence electrons. The SMILES string of the molecule is CCCNC(=NCC(=O)N(C)C)N1CCN(c2ccccc2OC)CC1. The molecule has 1 N–H and O–H groups in total. The van der Waals surface area contributed by atoms with Crippen molar-refractivity contribution in [1.29, 1.82) is 0 Å². The van der Waals surface area contributed by atoms with Gasteiger partial charge in [0.25, 0.3) is 0 Å². The lowest BCUT2D eigenvalue weighted by Crippen LogP contribution is -2.53. The molecule has 0 aromatic heterocycles. The number of anilines is 1. The number of guanidine groups is 1. The van der Waals surface area contributed by atoms with Crippen LogP contribution in [0.5, 0.6) is 5.75 Å². The number of aliphatic imine (C=N–C) groups is 1. The van der Waals surface area contributed by atoms with Gasteiger partial charge in [0.2, 0.25) is 5.91 Å². The van der Waals surface area contributed by atoms with Gasteiger partial charge in [0, 0.05) is 46.8 Å². The monoisotopic (exact) mass is 361 g/mol. The summed E-state index contributed by atoms with van der Waals surface area (Å²) in [5.41, 5.74) is 1.12. The maximum atomic E-state index is 11.9. The van der Waals surface area contributed by atoms with E-state index in [-0.39, 0.29) is 12.5 Å². The number of nitrogens with zero attached hydrogens (tertiary/aromatic N) is 4. The van der Waals surface area contributed by atoms with Gasteiger partial charge in [-0.15, -0.1) is 0 Å². The number of ether oxygens (including phenoxy) is 1. The van der Waals surface area contributed by atoms with E-state index in [9.17, 15) is 4.79 Å². The quantitative estimate of drug-likeness (QED) is 0.611. The Hall–Kier alpha value is -2.44. The molecule has 7 nitrogen and oxygen atoms in total. The van der Waals surface area contributed by atoms with Gasteiger partial charge in [-0.2, -0.15) is 0 Å². The average Bonchev–Trinajstić information content (AvgIpc) is 2.68. The Balaban J connectivity index is 2.01. The lowest BCUT2D eigenvalue weighted by molar-refractivity contribution is -0.127. The molecule has 0 unspecified atom stereocenters. The number of para-hydroxylation sites is 2. The molecule has 2 rings (SSSR count). The number of piperazine rings is 1. The maximum Gasteiger partial charge on any atom is 0.243 e. The third kappa shape index (κ3) is 5.28. The molecule has 0 spiro atoms. The van der Waals surface area contributed by atoms with Crippen molar-refractivity contribution in [3.05, 3.63) is 24.3 Å². The Kier molecular flexibility index (Phi) is 7.56. The van der Waals surface area contributed by atoms with Gasteiger partial charge in [-0.1, -0.05) is 19.1 Å². The molecule has 1 fully saturated rings. The molecule has 0 saturated carbocycles. The average molecular weight is 361 g/mol. The van der Waals surface area contributed by atoms with Crippen molar-refractivity contribution in [3.8, 4) is 5.75 Å². The number of amides is 1. The van der Waals surface area contributed by atoms with Crippen LogP contribution in [0.2, 0.25) is 0 Å². The van der Waals surface area contributed by atoms with Crippen molar-refractivity contribution in [1.82, 2.24) is 15.1 Å². The van der Waals surface area contributed by atoms with Crippen LogP contribution in [0.4, 0.5) is 5.69 Å². The Morgan fingerprint density at radius 3 is 2.54 bits per heavy atom. The smallest absolute Gasteiger partial charge is 0.243 e. The second kappa shape index (κ2) is 9.89. The van der Waals surface area contributed by atoms with Gasteiger partial charge in [-0.3, -0.25) is 4.79 Å². The maximum absolute atomic E-state index is 11.9. The second-order valence-electron chi connectivity index (χ2n) is 6.50. The van der Waals surface area contributed by atoms with E-state index in [1.807, 2.05) is 18.2 Å². The molecule has 1 saturated heterocycles. The molecule has 26 heavy (non-hydrogen) atoms. The Morgan fingerprint density at radius 2 is 1.92 bits per heavy atom. The lowest BCUT2D eigenvalue weighted by Gasteiger charge is -2.38. The van der Waals surface area contributed by atoms with Crippen molar-refractivity contribution in [2.24, 2.45) is 4.99 Å². The van der Waals surface area contributed by atoms with Crippen LogP contribution in [-0.2, 0) is 4.79 Å². The number of methoxy groups -OCH3 is 1. The van der Waals surface area contributed by atoms with E-state index in [1.54, 1.807) is 26.1 Å². The first-order valence-corrected chi connectivity index (χ1v) is 9.18. The fraction of sp³-hybridized carbons (Fsp3) is 0.579. The first-order valence-electron chi connectivity index (χ1n) is 9.18. The normalized spacial score (nSPS) is 15.0. The fourth-order valence-electron chi connectivity index (χ4n) is 2.84. The number of carbonyl (C=O) groups excluding carboxylic acids is 1. The van der Waals surface area contributed by atoms with Gasteiger partial charge in [-0.05, 0) is 18.6 Å². The summed E-state index contributed by atoms with van der Waals surface area (Å²) < 4.78 is 5.48. The summed E-state index contributed by atoms with van der Waals surface area (Å²) in [4.78, 5) is 22.5. The third-order valence-electron chi connectivity index (χ3n) is 4.40. The van der Waals surface area contributed by atoms with E-state index in [0.717, 1.165) is 56.5 Å². The van der Waals surface area contributed by atoms with Crippen molar-refractivity contribution >= 4 is 17.6 Å². The highest BCUT2D eigenvalue weighted by molar-refractivity contribution is 5.85. The van der Waals surface area contributed by atoms with Crippen molar-refractivity contribution < 1.29 is 9.53 Å². The van der Waals surface area contributed by atoms with Crippen LogP contribution in [0, 0.1) is 0 Å². The number of carbonyl (C=O) groups is 1. The molecule has 1 aromatic carbocycles. The van der Waals surface area contributed by atoms with Gasteiger partial charge in [0.15, 0.2) is 5.96 Å². The molecular formula is C19H31N5O2. The Morgan fingerprint density at radius 1 is 1.23 bits per heavy atom. The second-order valence-corrected chi connectivity index (χ2v) is 6.50. The molecule has 0 aliphatic carbocycles. The van der Waals surface area contributed by atoms with Crippen LogP contribution >= 0.6 is 0 Å². The van der Waals surface area contributed by atoms with Crippen molar-refractivity contribution in [2.75, 3.05) is 65.4 Å². The zero-order valence-electron chi connectivity index (χ0n) is 16.4. The molecule has 0 bridgehead atoms. The first kappa shape index (κ1) is 19.9. The number of benzene rings is 1. The Labute approximate surface area is 156 Å². The topological polar surface area (TPSA) is 60.4 Å². The summed E-state index contributed by atoms with van der Waals surface area (Å²) >= 11 is 0. The fourth-order valence-corrected chi connectivity index (χ4v) is 2.84. The first-order chi connectivity index (χ1) is 12.6. The molecule has 1 amide bonds. The van der Waals surface area contributed by atoms with Crippen LogP contribution < -0.4 is 15.0 Å². The van der Waals surface area contributed by atoms with Gasteiger partial charge >= 0.3 is 0 Å². The van der Waals surface area contributed by atoms with Gasteiger partial charge in [-0.25, -0.2) is 4.99 Å². The standard InChI is InChI=1S/C19H31N5O2/c1-5-10-20-19(21-15-18(25)22(2)3)24-13-11-23(12-14-24)16-8-6-7-9-17(16)26-4/h6-9H,5,10-15H2,1-4H3,(H,20,21). The molecule has 1 aromatic rings. The van der Waals surface area contributed by atoms with Crippen LogP contribution in [0.15, 0.2) is 29.3 Å². The van der Waals surface area contributed by atoms with Crippen LogP contribution in [-0.4, -0.2) is 82.1 Å². The number of rotatable bonds is 6.